The number of benzene rings is 3. The molecule has 3 aromatic carbocycles. The quantitative estimate of drug-likeness (QED) is 0.0341. The van der Waals surface area contributed by atoms with E-state index in [9.17, 15) is 44.2 Å². The second-order valence-electron chi connectivity index (χ2n) is 10.5. The first-order chi connectivity index (χ1) is 25.6. The molecule has 0 bridgehead atoms. The van der Waals surface area contributed by atoms with Crippen molar-refractivity contribution in [3.05, 3.63) is 54.6 Å². The lowest BCUT2D eigenvalue weighted by molar-refractivity contribution is -0.432. The van der Waals surface area contributed by atoms with Crippen molar-refractivity contribution in [2.75, 3.05) is 41.8 Å². The first kappa shape index (κ1) is 38.3. The zero-order valence-electron chi connectivity index (χ0n) is 26.3. The van der Waals surface area contributed by atoms with E-state index in [-0.39, 0.29) is 45.0 Å². The summed E-state index contributed by atoms with van der Waals surface area (Å²) in [5, 5.41) is 36.3. The predicted molar refractivity (Wildman–Crippen MR) is 176 cm³/mol. The lowest BCUT2D eigenvalue weighted by Gasteiger charge is -2.26. The summed E-state index contributed by atoms with van der Waals surface area (Å²) >= 11 is 0.181. The molecule has 3 heterocycles. The number of ether oxygens (including phenoxy) is 1. The lowest BCUT2D eigenvalue weighted by atomic mass is 10.1. The zero-order valence-corrected chi connectivity index (χ0v) is 28.8. The number of aromatic nitrogens is 6. The number of rotatable bonds is 12. The van der Waals surface area contributed by atoms with Gasteiger partial charge < -0.3 is 25.4 Å². The first-order valence-electron chi connectivity index (χ1n) is 14.4. The Bertz CT molecular complexity index is 2500. The van der Waals surface area contributed by atoms with Crippen LogP contribution in [0.3, 0.4) is 0 Å². The van der Waals surface area contributed by atoms with Crippen LogP contribution < -0.4 is 15.5 Å². The summed E-state index contributed by atoms with van der Waals surface area (Å²) in [6, 6.07) is 5.65. The zero-order chi connectivity index (χ0) is 38.8. The van der Waals surface area contributed by atoms with Gasteiger partial charge in [-0.2, -0.15) is 59.9 Å². The van der Waals surface area contributed by atoms with Crippen molar-refractivity contribution in [2.24, 2.45) is 10.2 Å². The van der Waals surface area contributed by atoms with E-state index < -0.39 is 77.3 Å². The van der Waals surface area contributed by atoms with Crippen molar-refractivity contribution in [3.63, 3.8) is 0 Å². The van der Waals surface area contributed by atoms with Gasteiger partial charge in [-0.25, -0.2) is 5.26 Å². The Morgan fingerprint density at radius 2 is 1.50 bits per heavy atom. The molecule has 1 fully saturated rings. The molecule has 22 nitrogen and oxygen atoms in total. The maximum absolute atomic E-state index is 14.6. The molecule has 6 rings (SSSR count). The molecule has 2 aromatic heterocycles. The molecule has 0 radical (unpaired) electrons. The second kappa shape index (κ2) is 15.5. The van der Waals surface area contributed by atoms with Crippen molar-refractivity contribution in [1.82, 2.24) is 29.9 Å². The van der Waals surface area contributed by atoms with Gasteiger partial charge in [-0.05, 0) is 41.8 Å². The summed E-state index contributed by atoms with van der Waals surface area (Å²) in [5.41, 5.74) is -1.71. The molecule has 0 unspecified atom stereocenters. The molecular formula is C26H20F3N11O11S3. The monoisotopic (exact) mass is 815 g/mol. The van der Waals surface area contributed by atoms with E-state index in [4.69, 9.17) is 9.99 Å². The van der Waals surface area contributed by atoms with Crippen molar-refractivity contribution in [3.8, 4) is 5.75 Å². The standard InChI is InChI=1S/C26H20F3N11O11S3/c27-21-32-22(28)34-24(33-21)30-12-1-2-17(54(46,47)48)14(9-12)38-39-19-16(52-51-50-42)8-11-7-13(53(43,44)45)10-15(18(11)20(19)41)31-25-35-23(29)36-26(37-25)40-3-5-49-6-4-40/h1-2,7-10,41-42H,3-6H2,(H,43,44,45)(H,46,47,48)(H,30,32,33,34)(H,31,35,36,37)/b39-38+. The molecule has 284 valence electrons. The number of hydrogen-bond donors (Lipinski definition) is 6. The number of nitrogens with one attached hydrogen (secondary N) is 2. The van der Waals surface area contributed by atoms with E-state index in [0.29, 0.717) is 26.3 Å². The van der Waals surface area contributed by atoms with Gasteiger partial charge >= 0.3 is 18.2 Å². The fraction of sp³-hybridized carbons (Fsp3) is 0.154. The maximum Gasteiger partial charge on any atom is 0.315 e. The number of azo groups is 1. The van der Waals surface area contributed by atoms with Crippen molar-refractivity contribution in [2.45, 2.75) is 14.7 Å². The third kappa shape index (κ3) is 8.83. The summed E-state index contributed by atoms with van der Waals surface area (Å²) in [4.78, 5) is 20.4. The summed E-state index contributed by atoms with van der Waals surface area (Å²) in [6.07, 6.45) is -4.21. The molecule has 1 aliphatic heterocycles. The van der Waals surface area contributed by atoms with Crippen LogP contribution in [0, 0.1) is 18.2 Å². The SMILES string of the molecule is O=S(=O)(O)c1cc(Nc2nc(F)nc(N3CCOCC3)n2)c2c(O)c(/N=N/c3cc(Nc4nc(F)nc(F)n4)ccc3S(=O)(=O)O)c(SOOO)cc2c1. The number of morpholine rings is 1. The van der Waals surface area contributed by atoms with E-state index in [1.165, 1.54) is 0 Å². The van der Waals surface area contributed by atoms with E-state index in [1.807, 2.05) is 0 Å². The second-order valence-corrected chi connectivity index (χ2v) is 14.0. The molecule has 1 saturated heterocycles. The number of halogens is 3. The Morgan fingerprint density at radius 3 is 2.15 bits per heavy atom. The number of anilines is 5. The maximum atomic E-state index is 14.6. The Labute approximate surface area is 303 Å². The number of phenols is 1. The van der Waals surface area contributed by atoms with Crippen LogP contribution in [0.4, 0.5) is 53.8 Å². The molecule has 0 spiro atoms. The van der Waals surface area contributed by atoms with E-state index >= 15 is 0 Å². The van der Waals surface area contributed by atoms with Gasteiger partial charge in [-0.15, -0.1) is 14.6 Å². The fourth-order valence-corrected chi connectivity index (χ4v) is 6.49. The normalized spacial score (nSPS) is 13.9. The van der Waals surface area contributed by atoms with E-state index in [2.05, 4.69) is 60.1 Å². The van der Waals surface area contributed by atoms with Crippen molar-refractivity contribution < 1.29 is 63.6 Å². The van der Waals surface area contributed by atoms with Crippen LogP contribution in [-0.4, -0.2) is 92.5 Å². The average Bonchev–Trinajstić information content (AvgIpc) is 3.09. The minimum Gasteiger partial charge on any atom is -0.505 e. The summed E-state index contributed by atoms with van der Waals surface area (Å²) < 4.78 is 120. The van der Waals surface area contributed by atoms with Crippen LogP contribution in [0.1, 0.15) is 0 Å². The van der Waals surface area contributed by atoms with Gasteiger partial charge in [-0.3, -0.25) is 9.11 Å². The van der Waals surface area contributed by atoms with Crippen molar-refractivity contribution >= 4 is 83.6 Å². The lowest BCUT2D eigenvalue weighted by Crippen LogP contribution is -2.37. The Balaban J connectivity index is 1.50. The number of aromatic hydroxyl groups is 1. The van der Waals surface area contributed by atoms with Gasteiger partial charge in [0.05, 0.1) is 40.7 Å². The largest absolute Gasteiger partial charge is 0.505 e. The third-order valence-electron chi connectivity index (χ3n) is 7.04. The molecule has 5 aromatic rings. The molecule has 0 aliphatic carbocycles. The van der Waals surface area contributed by atoms with Crippen molar-refractivity contribution in [1.29, 1.82) is 0 Å². The fourth-order valence-electron chi connectivity index (χ4n) is 4.85. The smallest absolute Gasteiger partial charge is 0.315 e. The van der Waals surface area contributed by atoms with E-state index in [0.717, 1.165) is 36.4 Å². The van der Waals surface area contributed by atoms with Crippen LogP contribution in [-0.2, 0) is 34.3 Å². The Morgan fingerprint density at radius 1 is 0.833 bits per heavy atom. The highest BCUT2D eigenvalue weighted by Gasteiger charge is 2.24. The average molecular weight is 816 g/mol. The topological polar surface area (TPSA) is 306 Å². The first-order valence-corrected chi connectivity index (χ1v) is 18.1. The van der Waals surface area contributed by atoms with E-state index in [1.54, 1.807) is 4.90 Å². The highest BCUT2D eigenvalue weighted by atomic mass is 32.2. The van der Waals surface area contributed by atoms with Gasteiger partial charge in [0.1, 0.15) is 16.3 Å². The number of fused-ring (bicyclic) bond motifs is 1. The van der Waals surface area contributed by atoms with Crippen LogP contribution in [0.2, 0.25) is 0 Å². The molecule has 0 saturated carbocycles. The molecule has 0 atom stereocenters. The Kier molecular flexibility index (Phi) is 11.0. The van der Waals surface area contributed by atoms with Gasteiger partial charge in [0, 0.05) is 24.2 Å². The summed E-state index contributed by atoms with van der Waals surface area (Å²) in [7, 11) is -9.97. The molecule has 54 heavy (non-hydrogen) atoms. The molecular weight excluding hydrogens is 796 g/mol. The van der Waals surface area contributed by atoms with Crippen LogP contribution in [0.5, 0.6) is 5.75 Å². The third-order valence-corrected chi connectivity index (χ3v) is 9.40. The minimum atomic E-state index is -5.02. The summed E-state index contributed by atoms with van der Waals surface area (Å²) in [5.74, 6) is -2.09. The predicted octanol–water partition coefficient (Wildman–Crippen LogP) is 3.99. The molecule has 0 amide bonds. The highest BCUT2D eigenvalue weighted by molar-refractivity contribution is 7.94. The number of phenolic OH excluding ortho intramolecular Hbond substituents is 1. The van der Waals surface area contributed by atoms with Gasteiger partial charge in [0.2, 0.25) is 17.8 Å². The van der Waals surface area contributed by atoms with Gasteiger partial charge in [0.15, 0.2) is 5.75 Å². The van der Waals surface area contributed by atoms with Crippen LogP contribution in [0.25, 0.3) is 10.8 Å². The van der Waals surface area contributed by atoms with Gasteiger partial charge in [0.25, 0.3) is 20.2 Å². The Hall–Kier alpha value is -5.46. The van der Waals surface area contributed by atoms with Gasteiger partial charge in [-0.1, -0.05) is 5.04 Å². The number of nitrogens with zero attached hydrogens (tertiary/aromatic N) is 9. The van der Waals surface area contributed by atoms with Crippen LogP contribution >= 0.6 is 12.0 Å². The molecule has 1 aliphatic rings. The molecule has 28 heteroatoms. The highest BCUT2D eigenvalue weighted by Crippen LogP contribution is 2.48. The van der Waals surface area contributed by atoms with Crippen LogP contribution in [0.15, 0.2) is 61.3 Å². The number of hydrogen-bond acceptors (Lipinski definition) is 21. The molecule has 6 N–H and O–H groups in total. The summed E-state index contributed by atoms with van der Waals surface area (Å²) in [6.45, 7) is 1.18. The minimum absolute atomic E-state index is 0.112.